The molecule has 0 saturated carbocycles. The van der Waals surface area contributed by atoms with Crippen molar-refractivity contribution in [2.24, 2.45) is 5.92 Å². The molecule has 2 N–H and O–H groups in total. The number of alkyl halides is 3. The average molecular weight is 477 g/mol. The Bertz CT molecular complexity index is 952. The molecule has 0 atom stereocenters. The smallest absolute Gasteiger partial charge is 0.372 e. The summed E-state index contributed by atoms with van der Waals surface area (Å²) in [5.74, 6) is -1.45. The number of nitrogens with zero attached hydrogens (tertiary/aromatic N) is 2. The maximum absolute atomic E-state index is 12.9. The van der Waals surface area contributed by atoms with Crippen molar-refractivity contribution in [1.29, 1.82) is 0 Å². The normalized spacial score (nSPS) is 14.6. The van der Waals surface area contributed by atoms with E-state index < -0.39 is 12.1 Å². The molecule has 9 heteroatoms. The third-order valence-corrected chi connectivity index (χ3v) is 5.99. The van der Waals surface area contributed by atoms with Crippen LogP contribution in [0.15, 0.2) is 48.5 Å². The fourth-order valence-electron chi connectivity index (χ4n) is 3.83. The van der Waals surface area contributed by atoms with Crippen molar-refractivity contribution in [3.8, 4) is 0 Å². The molecule has 1 fully saturated rings. The zero-order chi connectivity index (χ0) is 24.7. The molecular formula is C25H31F3N4O2. The number of carbonyl (C=O) groups is 2. The summed E-state index contributed by atoms with van der Waals surface area (Å²) in [6.45, 7) is 1.19. The number of anilines is 3. The predicted molar refractivity (Wildman–Crippen MR) is 127 cm³/mol. The molecule has 1 aliphatic heterocycles. The molecule has 2 aromatic rings. The van der Waals surface area contributed by atoms with Gasteiger partial charge < -0.3 is 20.4 Å². The minimum atomic E-state index is -4.10. The van der Waals surface area contributed by atoms with E-state index in [1.54, 1.807) is 14.1 Å². The Kier molecular flexibility index (Phi) is 8.41. The van der Waals surface area contributed by atoms with Crippen molar-refractivity contribution in [3.63, 3.8) is 0 Å². The van der Waals surface area contributed by atoms with Crippen molar-refractivity contribution in [2.75, 3.05) is 37.4 Å². The number of carbonyl (C=O) groups excluding carboxylic acids is 2. The number of halogens is 3. The molecule has 0 radical (unpaired) electrons. The van der Waals surface area contributed by atoms with Gasteiger partial charge in [0.25, 0.3) is 0 Å². The van der Waals surface area contributed by atoms with E-state index in [9.17, 15) is 22.8 Å². The first-order valence-corrected chi connectivity index (χ1v) is 11.4. The van der Waals surface area contributed by atoms with Crippen LogP contribution in [0.3, 0.4) is 0 Å². The van der Waals surface area contributed by atoms with Crippen LogP contribution in [0.2, 0.25) is 0 Å². The van der Waals surface area contributed by atoms with Crippen molar-refractivity contribution >= 4 is 28.9 Å². The van der Waals surface area contributed by atoms with E-state index in [0.717, 1.165) is 22.6 Å². The molecule has 2 amide bonds. The highest BCUT2D eigenvalue weighted by molar-refractivity contribution is 5.83. The molecule has 1 heterocycles. The Morgan fingerprint density at radius 2 is 1.50 bits per heavy atom. The van der Waals surface area contributed by atoms with Crippen molar-refractivity contribution in [3.05, 3.63) is 54.1 Å². The predicted octanol–water partition coefficient (Wildman–Crippen LogP) is 4.69. The maximum Gasteiger partial charge on any atom is 0.391 e. The molecule has 1 saturated heterocycles. The zero-order valence-corrected chi connectivity index (χ0v) is 19.5. The molecule has 34 heavy (non-hydrogen) atoms. The summed E-state index contributed by atoms with van der Waals surface area (Å²) in [7, 11) is 3.32. The monoisotopic (exact) mass is 476 g/mol. The van der Waals surface area contributed by atoms with Crippen LogP contribution in [0.4, 0.5) is 30.2 Å². The van der Waals surface area contributed by atoms with Gasteiger partial charge in [0.15, 0.2) is 0 Å². The lowest BCUT2D eigenvalue weighted by molar-refractivity contribution is -0.179. The van der Waals surface area contributed by atoms with Gasteiger partial charge in [0.05, 0.1) is 5.92 Å². The first kappa shape index (κ1) is 25.4. The number of hydrogen-bond donors (Lipinski definition) is 2. The minimum absolute atomic E-state index is 0.0790. The van der Waals surface area contributed by atoms with Crippen molar-refractivity contribution < 1.29 is 22.8 Å². The Labute approximate surface area is 198 Å². The summed E-state index contributed by atoms with van der Waals surface area (Å²) < 4.78 is 38.6. The topological polar surface area (TPSA) is 64.7 Å². The summed E-state index contributed by atoms with van der Waals surface area (Å²) in [6, 6.07) is 15.3. The molecule has 0 aromatic heterocycles. The van der Waals surface area contributed by atoms with Gasteiger partial charge in [-0.1, -0.05) is 12.1 Å². The summed E-state index contributed by atoms with van der Waals surface area (Å²) in [4.78, 5) is 26.9. The van der Waals surface area contributed by atoms with Crippen LogP contribution in [-0.2, 0) is 16.1 Å². The lowest BCUT2D eigenvalue weighted by atomic mass is 9.96. The Balaban J connectivity index is 1.44. The highest BCUT2D eigenvalue weighted by Gasteiger charge is 2.41. The highest BCUT2D eigenvalue weighted by atomic mass is 19.4. The minimum Gasteiger partial charge on any atom is -0.372 e. The van der Waals surface area contributed by atoms with E-state index in [4.69, 9.17) is 0 Å². The van der Waals surface area contributed by atoms with Gasteiger partial charge in [-0.25, -0.2) is 0 Å². The lowest BCUT2D eigenvalue weighted by Gasteiger charge is -2.34. The molecule has 0 spiro atoms. The van der Waals surface area contributed by atoms with E-state index in [-0.39, 0.29) is 37.5 Å². The number of hydrogen-bond acceptors (Lipinski definition) is 4. The largest absolute Gasteiger partial charge is 0.391 e. The SMILES string of the molecule is CN(C)C(=O)CCC(=O)NCc1ccc(Nc2ccc(N3CCC(C(F)(F)F)CC3)cc2)cc1. The first-order valence-electron chi connectivity index (χ1n) is 11.4. The first-order chi connectivity index (χ1) is 16.1. The van der Waals surface area contributed by atoms with Gasteiger partial charge >= 0.3 is 6.18 Å². The Hall–Kier alpha value is -3.23. The molecule has 0 bridgehead atoms. The Morgan fingerprint density at radius 1 is 0.941 bits per heavy atom. The van der Waals surface area contributed by atoms with E-state index in [0.29, 0.717) is 19.6 Å². The number of rotatable bonds is 8. The van der Waals surface area contributed by atoms with Crippen LogP contribution in [0, 0.1) is 5.92 Å². The van der Waals surface area contributed by atoms with Crippen LogP contribution in [0.1, 0.15) is 31.2 Å². The third-order valence-electron chi connectivity index (χ3n) is 5.99. The van der Waals surface area contributed by atoms with Crippen LogP contribution < -0.4 is 15.5 Å². The molecule has 0 unspecified atom stereocenters. The highest BCUT2D eigenvalue weighted by Crippen LogP contribution is 2.35. The van der Waals surface area contributed by atoms with Crippen molar-refractivity contribution in [2.45, 2.75) is 38.4 Å². The van der Waals surface area contributed by atoms with Crippen LogP contribution in [0.5, 0.6) is 0 Å². The summed E-state index contributed by atoms with van der Waals surface area (Å²) >= 11 is 0. The molecule has 6 nitrogen and oxygen atoms in total. The molecule has 184 valence electrons. The summed E-state index contributed by atoms with van der Waals surface area (Å²) in [6.07, 6.45) is -3.50. The number of piperidine rings is 1. The average Bonchev–Trinajstić information content (AvgIpc) is 2.82. The van der Waals surface area contributed by atoms with Gasteiger partial charge in [0.1, 0.15) is 0 Å². The van der Waals surface area contributed by atoms with Crippen LogP contribution in [0.25, 0.3) is 0 Å². The van der Waals surface area contributed by atoms with Crippen LogP contribution >= 0.6 is 0 Å². The summed E-state index contributed by atoms with van der Waals surface area (Å²) in [5, 5.41) is 6.11. The number of nitrogens with one attached hydrogen (secondary N) is 2. The summed E-state index contributed by atoms with van der Waals surface area (Å²) in [5.41, 5.74) is 3.62. The molecule has 0 aliphatic carbocycles. The van der Waals surface area contributed by atoms with Crippen LogP contribution in [-0.4, -0.2) is 50.1 Å². The third kappa shape index (κ3) is 7.40. The second-order valence-corrected chi connectivity index (χ2v) is 8.74. The van der Waals surface area contributed by atoms with Crippen molar-refractivity contribution in [1.82, 2.24) is 10.2 Å². The molecule has 1 aliphatic rings. The second-order valence-electron chi connectivity index (χ2n) is 8.74. The molecule has 2 aromatic carbocycles. The van der Waals surface area contributed by atoms with Gasteiger partial charge in [-0.2, -0.15) is 13.2 Å². The van der Waals surface area contributed by atoms with Gasteiger partial charge in [0.2, 0.25) is 11.8 Å². The van der Waals surface area contributed by atoms with E-state index in [1.807, 2.05) is 53.4 Å². The second kappa shape index (κ2) is 11.3. The lowest BCUT2D eigenvalue weighted by Crippen LogP contribution is -2.38. The van der Waals surface area contributed by atoms with Gasteiger partial charge in [-0.3, -0.25) is 9.59 Å². The number of amides is 2. The standard InChI is InChI=1S/C25H31F3N4O2/c1-31(2)24(34)12-11-23(33)29-17-18-3-5-20(6-4-18)30-21-7-9-22(10-8-21)32-15-13-19(14-16-32)25(26,27)28/h3-10,19,30H,11-17H2,1-2H3,(H,29,33). The zero-order valence-electron chi connectivity index (χ0n) is 19.5. The van der Waals surface area contributed by atoms with Gasteiger partial charge in [-0.15, -0.1) is 0 Å². The van der Waals surface area contributed by atoms with Gasteiger partial charge in [-0.05, 0) is 54.8 Å². The maximum atomic E-state index is 12.9. The number of benzene rings is 2. The van der Waals surface area contributed by atoms with Gasteiger partial charge in [0, 0.05) is 63.6 Å². The van der Waals surface area contributed by atoms with E-state index >= 15 is 0 Å². The fourth-order valence-corrected chi connectivity index (χ4v) is 3.83. The molecular weight excluding hydrogens is 445 g/mol. The van der Waals surface area contributed by atoms with E-state index in [1.165, 1.54) is 4.90 Å². The molecule has 3 rings (SSSR count). The van der Waals surface area contributed by atoms with E-state index in [2.05, 4.69) is 10.6 Å². The fraction of sp³-hybridized carbons (Fsp3) is 0.440. The Morgan fingerprint density at radius 3 is 2.03 bits per heavy atom. The quantitative estimate of drug-likeness (QED) is 0.580.